The average molecular weight is 387 g/mol. The van der Waals surface area contributed by atoms with Gasteiger partial charge in [0.15, 0.2) is 0 Å². The number of H-pyrrole nitrogens is 1. The number of thiophene rings is 1. The van der Waals surface area contributed by atoms with Gasteiger partial charge in [-0.05, 0) is 41.6 Å². The van der Waals surface area contributed by atoms with Crippen molar-refractivity contribution in [3.05, 3.63) is 62.9 Å². The van der Waals surface area contributed by atoms with Crippen molar-refractivity contribution in [3.63, 3.8) is 0 Å². The number of rotatable bonds is 2. The maximum atomic E-state index is 12.4. The highest BCUT2D eigenvalue weighted by molar-refractivity contribution is 9.10. The van der Waals surface area contributed by atoms with Gasteiger partial charge in [-0.3, -0.25) is 4.79 Å². The summed E-state index contributed by atoms with van der Waals surface area (Å²) in [5, 5.41) is 3.17. The minimum Gasteiger partial charge on any atom is -0.361 e. The minimum absolute atomic E-state index is 0.136. The van der Waals surface area contributed by atoms with Crippen LogP contribution in [0.2, 0.25) is 0 Å². The van der Waals surface area contributed by atoms with Crippen LogP contribution in [-0.4, -0.2) is 28.9 Å². The number of hydrogen-bond acceptors (Lipinski definition) is 2. The van der Waals surface area contributed by atoms with Crippen molar-refractivity contribution in [2.45, 2.75) is 6.42 Å². The number of hydrogen-bond donors (Lipinski definition) is 1. The summed E-state index contributed by atoms with van der Waals surface area (Å²) in [4.78, 5) is 18.5. The fraction of sp³-hybridized carbons (Fsp3) is 0.167. The van der Waals surface area contributed by atoms with E-state index < -0.39 is 0 Å². The third kappa shape index (κ3) is 2.75. The molecule has 3 nitrogen and oxygen atoms in total. The van der Waals surface area contributed by atoms with Crippen LogP contribution in [0, 0.1) is 0 Å². The van der Waals surface area contributed by atoms with E-state index in [1.165, 1.54) is 27.9 Å². The molecular formula is C18H15BrN2OS. The van der Waals surface area contributed by atoms with Gasteiger partial charge < -0.3 is 9.88 Å². The third-order valence-corrected chi connectivity index (χ3v) is 5.57. The number of nitrogens with one attached hydrogen (secondary N) is 1. The number of nitrogens with zero attached hydrogens (tertiary/aromatic N) is 1. The first-order chi connectivity index (χ1) is 11.2. The van der Waals surface area contributed by atoms with Gasteiger partial charge in [-0.15, -0.1) is 11.3 Å². The standard InChI is InChI=1S/C18H15BrN2OS/c19-13-3-4-16-14(10-13)15(11-20-16)12-5-7-21(8-6-12)18(22)17-2-1-9-23-17/h1-5,9-11,20H,6-8H2. The highest BCUT2D eigenvalue weighted by atomic mass is 79.9. The lowest BCUT2D eigenvalue weighted by Crippen LogP contribution is -2.34. The number of halogens is 1. The molecule has 3 aromatic rings. The van der Waals surface area contributed by atoms with Crippen LogP contribution in [0.3, 0.4) is 0 Å². The summed E-state index contributed by atoms with van der Waals surface area (Å²) in [5.74, 6) is 0.136. The van der Waals surface area contributed by atoms with Crippen molar-refractivity contribution in [1.29, 1.82) is 0 Å². The maximum absolute atomic E-state index is 12.4. The van der Waals surface area contributed by atoms with Crippen LogP contribution < -0.4 is 0 Å². The van der Waals surface area contributed by atoms with Crippen molar-refractivity contribution in [2.24, 2.45) is 0 Å². The Bertz CT molecular complexity index is 895. The molecule has 1 aromatic carbocycles. The molecule has 2 aromatic heterocycles. The van der Waals surface area contributed by atoms with Gasteiger partial charge in [-0.2, -0.15) is 0 Å². The Morgan fingerprint density at radius 1 is 1.30 bits per heavy atom. The molecule has 0 unspecified atom stereocenters. The molecule has 1 aliphatic heterocycles. The maximum Gasteiger partial charge on any atom is 0.264 e. The van der Waals surface area contributed by atoms with Gasteiger partial charge in [0.2, 0.25) is 0 Å². The number of carbonyl (C=O) groups excluding carboxylic acids is 1. The number of benzene rings is 1. The van der Waals surface area contributed by atoms with E-state index in [9.17, 15) is 4.79 Å². The van der Waals surface area contributed by atoms with E-state index >= 15 is 0 Å². The first-order valence-corrected chi connectivity index (χ1v) is 9.18. The fourth-order valence-corrected chi connectivity index (χ4v) is 4.06. The largest absolute Gasteiger partial charge is 0.361 e. The number of aromatic nitrogens is 1. The topological polar surface area (TPSA) is 36.1 Å². The normalized spacial score (nSPS) is 15.0. The van der Waals surface area contributed by atoms with E-state index in [1.54, 1.807) is 0 Å². The SMILES string of the molecule is O=C(c1cccs1)N1CC=C(c2c[nH]c3ccc(Br)cc23)CC1. The number of carbonyl (C=O) groups is 1. The third-order valence-electron chi connectivity index (χ3n) is 4.22. The molecule has 0 bridgehead atoms. The Labute approximate surface area is 146 Å². The molecule has 0 saturated carbocycles. The highest BCUT2D eigenvalue weighted by Crippen LogP contribution is 2.31. The molecule has 0 spiro atoms. The molecule has 116 valence electrons. The second-order valence-corrected chi connectivity index (χ2v) is 7.46. The van der Waals surface area contributed by atoms with Crippen molar-refractivity contribution in [1.82, 2.24) is 9.88 Å². The summed E-state index contributed by atoms with van der Waals surface area (Å²) in [6, 6.07) is 10.1. The quantitative estimate of drug-likeness (QED) is 0.666. The zero-order valence-corrected chi connectivity index (χ0v) is 14.8. The average Bonchev–Trinajstić information content (AvgIpc) is 3.24. The molecule has 0 fully saturated rings. The van der Waals surface area contributed by atoms with E-state index in [1.807, 2.05) is 28.5 Å². The number of amides is 1. The Balaban J connectivity index is 1.59. The van der Waals surface area contributed by atoms with Crippen molar-refractivity contribution < 1.29 is 4.79 Å². The van der Waals surface area contributed by atoms with E-state index in [-0.39, 0.29) is 5.91 Å². The first kappa shape index (κ1) is 14.7. The molecule has 1 aliphatic rings. The van der Waals surface area contributed by atoms with Gasteiger partial charge in [0.05, 0.1) is 4.88 Å². The van der Waals surface area contributed by atoms with Gasteiger partial charge in [0.1, 0.15) is 0 Å². The second-order valence-electron chi connectivity index (χ2n) is 5.60. The molecule has 3 heterocycles. The second kappa shape index (κ2) is 5.98. The van der Waals surface area contributed by atoms with Crippen molar-refractivity contribution >= 4 is 49.6 Å². The zero-order valence-electron chi connectivity index (χ0n) is 12.4. The Morgan fingerprint density at radius 2 is 2.22 bits per heavy atom. The molecule has 0 saturated heterocycles. The van der Waals surface area contributed by atoms with Gasteiger partial charge in [0.25, 0.3) is 5.91 Å². The van der Waals surface area contributed by atoms with Crippen LogP contribution in [0.15, 0.2) is 52.5 Å². The number of fused-ring (bicyclic) bond motifs is 1. The van der Waals surface area contributed by atoms with E-state index in [0.717, 1.165) is 27.8 Å². The van der Waals surface area contributed by atoms with Crippen LogP contribution in [0.5, 0.6) is 0 Å². The minimum atomic E-state index is 0.136. The lowest BCUT2D eigenvalue weighted by Gasteiger charge is -2.26. The van der Waals surface area contributed by atoms with Crippen LogP contribution in [0.25, 0.3) is 16.5 Å². The molecule has 23 heavy (non-hydrogen) atoms. The van der Waals surface area contributed by atoms with Crippen molar-refractivity contribution in [2.75, 3.05) is 13.1 Å². The van der Waals surface area contributed by atoms with Crippen LogP contribution >= 0.6 is 27.3 Å². The first-order valence-electron chi connectivity index (χ1n) is 7.51. The van der Waals surface area contributed by atoms with Gasteiger partial charge in [0, 0.05) is 40.2 Å². The molecule has 0 radical (unpaired) electrons. The molecule has 1 amide bonds. The van der Waals surface area contributed by atoms with Crippen LogP contribution in [0.4, 0.5) is 0 Å². The Morgan fingerprint density at radius 3 is 2.96 bits per heavy atom. The smallest absolute Gasteiger partial charge is 0.264 e. The lowest BCUT2D eigenvalue weighted by atomic mass is 9.99. The number of aromatic amines is 1. The van der Waals surface area contributed by atoms with Crippen LogP contribution in [0.1, 0.15) is 21.7 Å². The van der Waals surface area contributed by atoms with Gasteiger partial charge in [-0.25, -0.2) is 0 Å². The summed E-state index contributed by atoms with van der Waals surface area (Å²) >= 11 is 5.05. The predicted octanol–water partition coefficient (Wildman–Crippen LogP) is 4.92. The Hall–Kier alpha value is -1.85. The molecule has 1 N–H and O–H groups in total. The molecular weight excluding hydrogens is 372 g/mol. The molecule has 0 aliphatic carbocycles. The van der Waals surface area contributed by atoms with Crippen molar-refractivity contribution in [3.8, 4) is 0 Å². The molecule has 4 rings (SSSR count). The zero-order chi connectivity index (χ0) is 15.8. The summed E-state index contributed by atoms with van der Waals surface area (Å²) in [7, 11) is 0. The lowest BCUT2D eigenvalue weighted by molar-refractivity contribution is 0.0777. The fourth-order valence-electron chi connectivity index (χ4n) is 3.01. The van der Waals surface area contributed by atoms with E-state index in [4.69, 9.17) is 0 Å². The predicted molar refractivity (Wildman–Crippen MR) is 98.8 cm³/mol. The van der Waals surface area contributed by atoms with E-state index in [0.29, 0.717) is 6.54 Å². The Kier molecular flexibility index (Phi) is 3.83. The van der Waals surface area contributed by atoms with E-state index in [2.05, 4.69) is 45.3 Å². The summed E-state index contributed by atoms with van der Waals surface area (Å²) in [6.45, 7) is 1.44. The molecule has 5 heteroatoms. The van der Waals surface area contributed by atoms with Crippen LogP contribution in [-0.2, 0) is 0 Å². The molecule has 0 atom stereocenters. The highest BCUT2D eigenvalue weighted by Gasteiger charge is 2.21. The summed E-state index contributed by atoms with van der Waals surface area (Å²) in [6.07, 6.45) is 5.13. The summed E-state index contributed by atoms with van der Waals surface area (Å²) < 4.78 is 1.08. The van der Waals surface area contributed by atoms with Gasteiger partial charge in [-0.1, -0.05) is 28.1 Å². The summed E-state index contributed by atoms with van der Waals surface area (Å²) in [5.41, 5.74) is 3.69. The van der Waals surface area contributed by atoms with Gasteiger partial charge >= 0.3 is 0 Å². The monoisotopic (exact) mass is 386 g/mol.